The fourth-order valence-corrected chi connectivity index (χ4v) is 2.97. The zero-order valence-corrected chi connectivity index (χ0v) is 16.5. The number of anilines is 1. The van der Waals surface area contributed by atoms with Gasteiger partial charge >= 0.3 is 0 Å². The van der Waals surface area contributed by atoms with Crippen molar-refractivity contribution in [1.29, 1.82) is 0 Å². The lowest BCUT2D eigenvalue weighted by molar-refractivity contribution is -0.110. The van der Waals surface area contributed by atoms with Crippen molar-refractivity contribution in [1.82, 2.24) is 20.2 Å². The number of carbonyl (C=O) groups is 1. The Morgan fingerprint density at radius 3 is 2.50 bits per heavy atom. The molecule has 0 aliphatic heterocycles. The minimum Gasteiger partial charge on any atom is -0.292 e. The van der Waals surface area contributed by atoms with Gasteiger partial charge in [0, 0.05) is 11.4 Å². The number of halogens is 1. The van der Waals surface area contributed by atoms with Crippen LogP contribution in [0.3, 0.4) is 0 Å². The molecule has 1 N–H and O–H groups in total. The first kappa shape index (κ1) is 18.3. The fraction of sp³-hybridized carbons (Fsp3) is 0.118. The van der Waals surface area contributed by atoms with Crippen molar-refractivity contribution < 1.29 is 4.79 Å². The van der Waals surface area contributed by atoms with Crippen molar-refractivity contribution >= 4 is 44.2 Å². The van der Waals surface area contributed by atoms with Crippen LogP contribution in [0.4, 0.5) is 5.69 Å². The highest BCUT2D eigenvalue weighted by molar-refractivity contribution is 9.10. The largest absolute Gasteiger partial charge is 0.292 e. The number of benzene rings is 2. The second-order valence-electron chi connectivity index (χ2n) is 5.40. The number of aromatic nitrogens is 4. The van der Waals surface area contributed by atoms with Gasteiger partial charge in [0.25, 0.3) is 0 Å². The predicted octanol–water partition coefficient (Wildman–Crippen LogP) is 3.84. The second-order valence-corrected chi connectivity index (χ2v) is 7.27. The average molecular weight is 431 g/mol. The molecule has 0 spiro atoms. The van der Waals surface area contributed by atoms with E-state index in [1.165, 1.54) is 6.92 Å². The standard InChI is InChI=1S/C17H15BrN6OS/c1-11-3-9-15(10-4-11)24-17(21-22-23-24)26-16(12(2)25)20-19-14-7-5-13(18)6-8-14/h3-10,19H,1-2H3/b20-16-. The van der Waals surface area contributed by atoms with Gasteiger partial charge in [-0.25, -0.2) is 0 Å². The molecule has 1 aromatic heterocycles. The van der Waals surface area contributed by atoms with E-state index < -0.39 is 0 Å². The van der Waals surface area contributed by atoms with Gasteiger partial charge in [-0.3, -0.25) is 10.2 Å². The molecule has 0 fully saturated rings. The Kier molecular flexibility index (Phi) is 5.79. The van der Waals surface area contributed by atoms with Crippen LogP contribution < -0.4 is 5.43 Å². The molecule has 0 atom stereocenters. The minimum absolute atomic E-state index is 0.182. The highest BCUT2D eigenvalue weighted by atomic mass is 79.9. The third kappa shape index (κ3) is 4.55. The Morgan fingerprint density at radius 1 is 1.15 bits per heavy atom. The highest BCUT2D eigenvalue weighted by Gasteiger charge is 2.16. The van der Waals surface area contributed by atoms with E-state index in [0.717, 1.165) is 33.2 Å². The van der Waals surface area contributed by atoms with Crippen LogP contribution in [0, 0.1) is 6.92 Å². The van der Waals surface area contributed by atoms with Crippen molar-refractivity contribution in [3.8, 4) is 5.69 Å². The summed E-state index contributed by atoms with van der Waals surface area (Å²) in [7, 11) is 0. The number of Topliss-reactive ketones (excluding diaryl/α,β-unsaturated/α-hetero) is 1. The lowest BCUT2D eigenvalue weighted by Crippen LogP contribution is -2.10. The maximum atomic E-state index is 12.0. The molecule has 2 aromatic carbocycles. The van der Waals surface area contributed by atoms with E-state index in [9.17, 15) is 4.79 Å². The lowest BCUT2D eigenvalue weighted by atomic mass is 10.2. The molecule has 0 radical (unpaired) electrons. The zero-order chi connectivity index (χ0) is 18.5. The van der Waals surface area contributed by atoms with Crippen LogP contribution in [-0.2, 0) is 4.79 Å². The van der Waals surface area contributed by atoms with Crippen LogP contribution in [0.15, 0.2) is 63.3 Å². The van der Waals surface area contributed by atoms with Crippen molar-refractivity contribution in [2.24, 2.45) is 5.10 Å². The molecule has 26 heavy (non-hydrogen) atoms. The molecule has 0 aliphatic carbocycles. The summed E-state index contributed by atoms with van der Waals surface area (Å²) >= 11 is 4.48. The van der Waals surface area contributed by atoms with Crippen LogP contribution in [0.25, 0.3) is 5.69 Å². The second kappa shape index (κ2) is 8.24. The summed E-state index contributed by atoms with van der Waals surface area (Å²) in [6, 6.07) is 15.3. The first-order chi connectivity index (χ1) is 12.5. The third-order valence-corrected chi connectivity index (χ3v) is 4.88. The smallest absolute Gasteiger partial charge is 0.220 e. The molecule has 0 aliphatic rings. The van der Waals surface area contributed by atoms with Gasteiger partial charge in [0.05, 0.1) is 11.4 Å². The zero-order valence-electron chi connectivity index (χ0n) is 14.0. The average Bonchev–Trinajstić information content (AvgIpc) is 3.08. The quantitative estimate of drug-likeness (QED) is 0.286. The number of thioether (sulfide) groups is 1. The summed E-state index contributed by atoms with van der Waals surface area (Å²) in [5, 5.41) is 16.6. The van der Waals surface area contributed by atoms with Gasteiger partial charge in [-0.15, -0.1) is 5.10 Å². The Balaban J connectivity index is 1.82. The number of ketones is 1. The molecule has 1 heterocycles. The Labute approximate surface area is 163 Å². The number of rotatable bonds is 5. The lowest BCUT2D eigenvalue weighted by Gasteiger charge is -2.06. The molecule has 0 saturated heterocycles. The maximum Gasteiger partial charge on any atom is 0.220 e. The summed E-state index contributed by atoms with van der Waals surface area (Å²) in [4.78, 5) is 12.0. The summed E-state index contributed by atoms with van der Waals surface area (Å²) in [6.45, 7) is 3.46. The molecule has 3 rings (SSSR count). The molecule has 0 amide bonds. The summed E-state index contributed by atoms with van der Waals surface area (Å²) in [6.07, 6.45) is 0. The Morgan fingerprint density at radius 2 is 1.85 bits per heavy atom. The molecule has 3 aromatic rings. The van der Waals surface area contributed by atoms with E-state index in [1.807, 2.05) is 55.5 Å². The molecule has 9 heteroatoms. The number of nitrogens with one attached hydrogen (secondary N) is 1. The molecule has 0 unspecified atom stereocenters. The number of tetrazole rings is 1. The van der Waals surface area contributed by atoms with E-state index in [-0.39, 0.29) is 10.8 Å². The summed E-state index contributed by atoms with van der Waals surface area (Å²) in [5.74, 6) is -0.182. The molecule has 0 saturated carbocycles. The van der Waals surface area contributed by atoms with Gasteiger partial charge in [-0.2, -0.15) is 9.78 Å². The van der Waals surface area contributed by atoms with Crippen molar-refractivity contribution in [2.75, 3.05) is 5.43 Å². The fourth-order valence-electron chi connectivity index (χ4n) is 1.99. The molecular formula is C17H15BrN6OS. The number of nitrogens with zero attached hydrogens (tertiary/aromatic N) is 5. The Bertz CT molecular complexity index is 937. The van der Waals surface area contributed by atoms with Gasteiger partial charge in [0.2, 0.25) is 5.16 Å². The van der Waals surface area contributed by atoms with Crippen molar-refractivity contribution in [2.45, 2.75) is 19.0 Å². The van der Waals surface area contributed by atoms with Crippen LogP contribution >= 0.6 is 27.7 Å². The molecular weight excluding hydrogens is 416 g/mol. The van der Waals surface area contributed by atoms with Gasteiger partial charge < -0.3 is 0 Å². The number of carbonyl (C=O) groups excluding carboxylic acids is 1. The number of hydrazone groups is 1. The van der Waals surface area contributed by atoms with E-state index >= 15 is 0 Å². The molecule has 7 nitrogen and oxygen atoms in total. The first-order valence-corrected chi connectivity index (χ1v) is 9.27. The van der Waals surface area contributed by atoms with Gasteiger partial charge in [0.1, 0.15) is 0 Å². The van der Waals surface area contributed by atoms with Crippen LogP contribution in [0.2, 0.25) is 0 Å². The normalized spacial score (nSPS) is 11.4. The monoisotopic (exact) mass is 430 g/mol. The highest BCUT2D eigenvalue weighted by Crippen LogP contribution is 2.21. The predicted molar refractivity (Wildman–Crippen MR) is 106 cm³/mol. The van der Waals surface area contributed by atoms with Gasteiger partial charge in [0.15, 0.2) is 10.8 Å². The SMILES string of the molecule is CC(=O)/C(=N/Nc1ccc(Br)cc1)Sc1nnnn1-c1ccc(C)cc1. The van der Waals surface area contributed by atoms with Crippen molar-refractivity contribution in [3.05, 3.63) is 58.6 Å². The first-order valence-electron chi connectivity index (χ1n) is 7.66. The molecule has 132 valence electrons. The molecule has 0 bridgehead atoms. The number of aryl methyl sites for hydroxylation is 1. The maximum absolute atomic E-state index is 12.0. The van der Waals surface area contributed by atoms with Crippen LogP contribution in [0.1, 0.15) is 12.5 Å². The van der Waals surface area contributed by atoms with Gasteiger partial charge in [-0.05, 0) is 65.5 Å². The van der Waals surface area contributed by atoms with E-state index in [0.29, 0.717) is 5.16 Å². The third-order valence-electron chi connectivity index (χ3n) is 3.34. The van der Waals surface area contributed by atoms with E-state index in [4.69, 9.17) is 0 Å². The van der Waals surface area contributed by atoms with E-state index in [2.05, 4.69) is 42.0 Å². The Hall–Kier alpha value is -2.52. The minimum atomic E-state index is -0.182. The van der Waals surface area contributed by atoms with Crippen LogP contribution in [0.5, 0.6) is 0 Å². The summed E-state index contributed by atoms with van der Waals surface area (Å²) < 4.78 is 2.54. The van der Waals surface area contributed by atoms with Gasteiger partial charge in [-0.1, -0.05) is 33.6 Å². The number of hydrogen-bond acceptors (Lipinski definition) is 7. The number of hydrogen-bond donors (Lipinski definition) is 1. The van der Waals surface area contributed by atoms with Crippen molar-refractivity contribution in [3.63, 3.8) is 0 Å². The van der Waals surface area contributed by atoms with E-state index in [1.54, 1.807) is 4.68 Å². The van der Waals surface area contributed by atoms with Crippen LogP contribution in [-0.4, -0.2) is 31.0 Å². The summed E-state index contributed by atoms with van der Waals surface area (Å²) in [5.41, 5.74) is 5.60. The topological polar surface area (TPSA) is 85.1 Å².